The quantitative estimate of drug-likeness (QED) is 0.753. The SMILES string of the molecule is FC(F)(F)c1cc(Br)cnc1OCCC1CCN2CCCC2C1. The minimum atomic E-state index is -4.46. The van der Waals surface area contributed by atoms with Crippen LogP contribution in [-0.4, -0.2) is 35.6 Å². The van der Waals surface area contributed by atoms with Crippen molar-refractivity contribution in [2.24, 2.45) is 5.92 Å². The molecular weight excluding hydrogens is 373 g/mol. The average molecular weight is 393 g/mol. The largest absolute Gasteiger partial charge is 0.477 e. The van der Waals surface area contributed by atoms with Crippen molar-refractivity contribution < 1.29 is 17.9 Å². The molecule has 2 unspecified atom stereocenters. The van der Waals surface area contributed by atoms with Gasteiger partial charge in [0.1, 0.15) is 5.56 Å². The summed E-state index contributed by atoms with van der Waals surface area (Å²) >= 11 is 3.02. The first-order valence-electron chi connectivity index (χ1n) is 8.03. The lowest BCUT2D eigenvalue weighted by molar-refractivity contribution is -0.139. The molecule has 0 bridgehead atoms. The van der Waals surface area contributed by atoms with Crippen molar-refractivity contribution in [3.63, 3.8) is 0 Å². The molecule has 0 N–H and O–H groups in total. The van der Waals surface area contributed by atoms with Crippen molar-refractivity contribution >= 4 is 15.9 Å². The first-order valence-corrected chi connectivity index (χ1v) is 8.82. The highest BCUT2D eigenvalue weighted by atomic mass is 79.9. The van der Waals surface area contributed by atoms with Crippen molar-refractivity contribution in [1.82, 2.24) is 9.88 Å². The van der Waals surface area contributed by atoms with E-state index in [1.807, 2.05) is 0 Å². The van der Waals surface area contributed by atoms with Crippen LogP contribution in [0.1, 0.15) is 37.7 Å². The third kappa shape index (κ3) is 4.18. The molecule has 23 heavy (non-hydrogen) atoms. The second-order valence-corrected chi connectivity index (χ2v) is 7.28. The van der Waals surface area contributed by atoms with Gasteiger partial charge in [0.15, 0.2) is 0 Å². The summed E-state index contributed by atoms with van der Waals surface area (Å²) < 4.78 is 44.7. The number of hydrogen-bond donors (Lipinski definition) is 0. The molecule has 3 nitrogen and oxygen atoms in total. The van der Waals surface area contributed by atoms with Gasteiger partial charge in [0, 0.05) is 16.7 Å². The zero-order chi connectivity index (χ0) is 16.4. The molecule has 2 aliphatic heterocycles. The average Bonchev–Trinajstić information content (AvgIpc) is 2.95. The van der Waals surface area contributed by atoms with Gasteiger partial charge in [0.25, 0.3) is 0 Å². The van der Waals surface area contributed by atoms with Gasteiger partial charge in [-0.2, -0.15) is 13.2 Å². The molecule has 0 aliphatic carbocycles. The molecular formula is C16H20BrF3N2O. The Kier molecular flexibility index (Phi) is 5.16. The molecule has 2 saturated heterocycles. The number of aromatic nitrogens is 1. The van der Waals surface area contributed by atoms with Gasteiger partial charge in [0.2, 0.25) is 5.88 Å². The number of fused-ring (bicyclic) bond motifs is 1. The normalized spacial score (nSPS) is 25.4. The van der Waals surface area contributed by atoms with Crippen LogP contribution in [0, 0.1) is 5.92 Å². The first-order chi connectivity index (χ1) is 10.9. The fourth-order valence-corrected chi connectivity index (χ4v) is 3.97. The Labute approximate surface area is 142 Å². The fourth-order valence-electron chi connectivity index (χ4n) is 3.64. The van der Waals surface area contributed by atoms with E-state index in [0.717, 1.165) is 31.9 Å². The van der Waals surface area contributed by atoms with Crippen molar-refractivity contribution in [1.29, 1.82) is 0 Å². The van der Waals surface area contributed by atoms with E-state index in [9.17, 15) is 13.2 Å². The van der Waals surface area contributed by atoms with Crippen molar-refractivity contribution in [2.75, 3.05) is 19.7 Å². The van der Waals surface area contributed by atoms with Crippen molar-refractivity contribution in [2.45, 2.75) is 44.3 Å². The summed E-state index contributed by atoms with van der Waals surface area (Å²) in [5.74, 6) is 0.220. The topological polar surface area (TPSA) is 25.4 Å². The molecule has 3 rings (SSSR count). The van der Waals surface area contributed by atoms with Gasteiger partial charge >= 0.3 is 6.18 Å². The molecule has 2 aliphatic rings. The van der Waals surface area contributed by atoms with Crippen molar-refractivity contribution in [3.8, 4) is 5.88 Å². The number of halogens is 4. The van der Waals surface area contributed by atoms with Crippen LogP contribution >= 0.6 is 15.9 Å². The smallest absolute Gasteiger partial charge is 0.421 e. The van der Waals surface area contributed by atoms with Gasteiger partial charge in [0.05, 0.1) is 6.61 Å². The molecule has 3 heterocycles. The number of hydrogen-bond acceptors (Lipinski definition) is 3. The number of rotatable bonds is 4. The summed E-state index contributed by atoms with van der Waals surface area (Å²) in [6.45, 7) is 2.60. The molecule has 2 fully saturated rings. The number of piperidine rings is 1. The van der Waals surface area contributed by atoms with E-state index in [4.69, 9.17) is 4.74 Å². The maximum Gasteiger partial charge on any atom is 0.421 e. The van der Waals surface area contributed by atoms with Gasteiger partial charge in [-0.1, -0.05) is 0 Å². The van der Waals surface area contributed by atoms with Gasteiger partial charge in [-0.25, -0.2) is 4.98 Å². The Morgan fingerprint density at radius 2 is 2.13 bits per heavy atom. The van der Waals surface area contributed by atoms with E-state index < -0.39 is 11.7 Å². The molecule has 7 heteroatoms. The lowest BCUT2D eigenvalue weighted by atomic mass is 9.89. The lowest BCUT2D eigenvalue weighted by Crippen LogP contribution is -2.38. The highest BCUT2D eigenvalue weighted by Crippen LogP contribution is 2.37. The summed E-state index contributed by atoms with van der Waals surface area (Å²) in [5, 5.41) is 0. The third-order valence-electron chi connectivity index (χ3n) is 4.82. The van der Waals surface area contributed by atoms with E-state index in [1.165, 1.54) is 25.6 Å². The summed E-state index contributed by atoms with van der Waals surface area (Å²) in [7, 11) is 0. The van der Waals surface area contributed by atoms with E-state index >= 15 is 0 Å². The Balaban J connectivity index is 1.55. The summed E-state index contributed by atoms with van der Waals surface area (Å²) in [4.78, 5) is 6.32. The van der Waals surface area contributed by atoms with Crippen LogP contribution in [0.25, 0.3) is 0 Å². The Morgan fingerprint density at radius 3 is 2.91 bits per heavy atom. The summed E-state index contributed by atoms with van der Waals surface area (Å²) in [6.07, 6.45) is 2.45. The molecule has 1 aromatic heterocycles. The van der Waals surface area contributed by atoms with Gasteiger partial charge in [-0.15, -0.1) is 0 Å². The molecule has 0 radical (unpaired) electrons. The number of ether oxygens (including phenoxy) is 1. The summed E-state index contributed by atoms with van der Waals surface area (Å²) in [5.41, 5.74) is -0.822. The van der Waals surface area contributed by atoms with Crippen molar-refractivity contribution in [3.05, 3.63) is 22.3 Å². The molecule has 0 spiro atoms. The minimum Gasteiger partial charge on any atom is -0.477 e. The van der Waals surface area contributed by atoms with Gasteiger partial charge in [-0.05, 0) is 73.1 Å². The monoisotopic (exact) mass is 392 g/mol. The second-order valence-electron chi connectivity index (χ2n) is 6.36. The predicted molar refractivity (Wildman–Crippen MR) is 84.4 cm³/mol. The van der Waals surface area contributed by atoms with Crippen LogP contribution in [0.2, 0.25) is 0 Å². The molecule has 2 atom stereocenters. The molecule has 0 amide bonds. The number of nitrogens with zero attached hydrogens (tertiary/aromatic N) is 2. The van der Waals surface area contributed by atoms with E-state index in [-0.39, 0.29) is 12.5 Å². The maximum atomic E-state index is 13.0. The highest BCUT2D eigenvalue weighted by Gasteiger charge is 2.36. The minimum absolute atomic E-state index is 0.287. The molecule has 0 saturated carbocycles. The fraction of sp³-hybridized carbons (Fsp3) is 0.688. The first kappa shape index (κ1) is 17.0. The molecule has 128 valence electrons. The summed E-state index contributed by atoms with van der Waals surface area (Å²) in [6, 6.07) is 1.68. The zero-order valence-corrected chi connectivity index (χ0v) is 14.4. The number of alkyl halides is 3. The number of pyridine rings is 1. The standard InChI is InChI=1S/C16H20BrF3N2O/c17-12-9-14(16(18,19)20)15(21-10-12)23-7-4-11-3-6-22-5-1-2-13(22)8-11/h9-11,13H,1-8H2. The van der Waals surface area contributed by atoms with Crippen LogP contribution < -0.4 is 4.74 Å². The van der Waals surface area contributed by atoms with Gasteiger partial charge < -0.3 is 9.64 Å². The maximum absolute atomic E-state index is 13.0. The van der Waals surface area contributed by atoms with E-state index in [2.05, 4.69) is 25.8 Å². The van der Waals surface area contributed by atoms with Crippen LogP contribution in [0.15, 0.2) is 16.7 Å². The molecule has 1 aromatic rings. The van der Waals surface area contributed by atoms with Crippen LogP contribution in [-0.2, 0) is 6.18 Å². The predicted octanol–water partition coefficient (Wildman–Crippen LogP) is 4.51. The Hall–Kier alpha value is -0.820. The van der Waals surface area contributed by atoms with Crippen LogP contribution in [0.4, 0.5) is 13.2 Å². The third-order valence-corrected chi connectivity index (χ3v) is 5.25. The van der Waals surface area contributed by atoms with E-state index in [0.29, 0.717) is 16.4 Å². The van der Waals surface area contributed by atoms with Gasteiger partial charge in [-0.3, -0.25) is 0 Å². The van der Waals surface area contributed by atoms with E-state index in [1.54, 1.807) is 0 Å². The van der Waals surface area contributed by atoms with Crippen LogP contribution in [0.5, 0.6) is 5.88 Å². The Morgan fingerprint density at radius 1 is 1.30 bits per heavy atom. The zero-order valence-electron chi connectivity index (χ0n) is 12.8. The molecule has 0 aromatic carbocycles. The second kappa shape index (κ2) is 6.97. The highest BCUT2D eigenvalue weighted by molar-refractivity contribution is 9.10. The van der Waals surface area contributed by atoms with Crippen LogP contribution in [0.3, 0.4) is 0 Å². The Bertz CT molecular complexity index is 553. The lowest BCUT2D eigenvalue weighted by Gasteiger charge is -2.34.